The van der Waals surface area contributed by atoms with E-state index in [1.165, 1.54) is 12.1 Å². The number of benzene rings is 1. The third kappa shape index (κ3) is 4.68. The zero-order chi connectivity index (χ0) is 14.5. The van der Waals surface area contributed by atoms with Crippen LogP contribution in [0.3, 0.4) is 0 Å². The molecule has 0 heterocycles. The molecule has 0 saturated heterocycles. The summed E-state index contributed by atoms with van der Waals surface area (Å²) < 4.78 is 0. The minimum atomic E-state index is -0.390. The van der Waals surface area contributed by atoms with Gasteiger partial charge < -0.3 is 10.5 Å². The number of oxime groups is 1. The predicted octanol–water partition coefficient (Wildman–Crippen LogP) is 3.44. The van der Waals surface area contributed by atoms with Crippen LogP contribution in [0.25, 0.3) is 0 Å². The molecule has 1 atom stereocenters. The van der Waals surface area contributed by atoms with Crippen molar-refractivity contribution in [2.45, 2.75) is 44.7 Å². The predicted molar refractivity (Wildman–Crippen MR) is 83.4 cm³/mol. The van der Waals surface area contributed by atoms with Gasteiger partial charge in [-0.15, -0.1) is 12.4 Å². The molecule has 116 valence electrons. The van der Waals surface area contributed by atoms with E-state index in [-0.39, 0.29) is 24.1 Å². The largest absolute Gasteiger partial charge is 0.411 e. The van der Waals surface area contributed by atoms with Crippen molar-refractivity contribution in [1.82, 2.24) is 5.32 Å². The van der Waals surface area contributed by atoms with Gasteiger partial charge in [-0.25, -0.2) is 0 Å². The molecular weight excluding hydrogens is 294 g/mol. The number of nitrogens with zero attached hydrogens (tertiary/aromatic N) is 2. The van der Waals surface area contributed by atoms with Crippen LogP contribution in [0.1, 0.15) is 44.2 Å². The standard InChI is InChI=1S/C14H19N3O3.ClH/c1-10(11-2-8-14(9-3-11)17(19)20)15-12-4-6-13(16-18)7-5-12;/h2-3,8-10,12,15,18H,4-7H2,1H3;1H/t10-,12?;/m1./s1. The molecule has 1 aliphatic carbocycles. The van der Waals surface area contributed by atoms with Gasteiger partial charge in [0.1, 0.15) is 0 Å². The molecule has 0 unspecified atom stereocenters. The second kappa shape index (κ2) is 7.95. The van der Waals surface area contributed by atoms with E-state index in [0.29, 0.717) is 6.04 Å². The van der Waals surface area contributed by atoms with Gasteiger partial charge in [0.2, 0.25) is 0 Å². The van der Waals surface area contributed by atoms with Gasteiger partial charge in [0.05, 0.1) is 10.6 Å². The van der Waals surface area contributed by atoms with Gasteiger partial charge in [0, 0.05) is 24.2 Å². The summed E-state index contributed by atoms with van der Waals surface area (Å²) in [7, 11) is 0. The first-order valence-corrected chi connectivity index (χ1v) is 6.80. The Bertz CT molecular complexity index is 495. The molecular formula is C14H20ClN3O3. The van der Waals surface area contributed by atoms with Crippen LogP contribution in [-0.4, -0.2) is 21.9 Å². The summed E-state index contributed by atoms with van der Waals surface area (Å²) in [6, 6.07) is 7.19. The lowest BCUT2D eigenvalue weighted by Gasteiger charge is -2.27. The molecule has 0 bridgehead atoms. The van der Waals surface area contributed by atoms with Crippen molar-refractivity contribution in [3.8, 4) is 0 Å². The molecule has 6 nitrogen and oxygen atoms in total. The highest BCUT2D eigenvalue weighted by molar-refractivity contribution is 5.85. The minimum absolute atomic E-state index is 0. The number of hydrogen-bond acceptors (Lipinski definition) is 5. The van der Waals surface area contributed by atoms with Gasteiger partial charge in [0.25, 0.3) is 5.69 Å². The lowest BCUT2D eigenvalue weighted by molar-refractivity contribution is -0.384. The first-order valence-electron chi connectivity index (χ1n) is 6.80. The molecule has 0 aliphatic heterocycles. The number of halogens is 1. The van der Waals surface area contributed by atoms with Crippen LogP contribution < -0.4 is 5.32 Å². The minimum Gasteiger partial charge on any atom is -0.411 e. The summed E-state index contributed by atoms with van der Waals surface area (Å²) >= 11 is 0. The lowest BCUT2D eigenvalue weighted by Crippen LogP contribution is -2.35. The molecule has 0 radical (unpaired) electrons. The Kier molecular flexibility index (Phi) is 6.58. The monoisotopic (exact) mass is 313 g/mol. The maximum atomic E-state index is 10.6. The topological polar surface area (TPSA) is 87.8 Å². The maximum absolute atomic E-state index is 10.6. The summed E-state index contributed by atoms with van der Waals surface area (Å²) in [4.78, 5) is 10.2. The van der Waals surface area contributed by atoms with Crippen molar-refractivity contribution in [3.05, 3.63) is 39.9 Å². The van der Waals surface area contributed by atoms with E-state index in [0.717, 1.165) is 37.0 Å². The number of non-ortho nitro benzene ring substituents is 1. The Morgan fingerprint density at radius 2 is 1.90 bits per heavy atom. The van der Waals surface area contributed by atoms with E-state index in [1.54, 1.807) is 12.1 Å². The Morgan fingerprint density at radius 1 is 1.33 bits per heavy atom. The third-order valence-corrected chi connectivity index (χ3v) is 3.79. The van der Waals surface area contributed by atoms with Gasteiger partial charge in [-0.05, 0) is 38.2 Å². The van der Waals surface area contributed by atoms with Gasteiger partial charge >= 0.3 is 0 Å². The number of nitro benzene ring substituents is 1. The second-order valence-corrected chi connectivity index (χ2v) is 5.18. The first kappa shape index (κ1) is 17.4. The average molecular weight is 314 g/mol. The lowest BCUT2D eigenvalue weighted by atomic mass is 9.92. The van der Waals surface area contributed by atoms with E-state index in [2.05, 4.69) is 17.4 Å². The Labute approximate surface area is 129 Å². The summed E-state index contributed by atoms with van der Waals surface area (Å²) in [5.74, 6) is 0. The summed E-state index contributed by atoms with van der Waals surface area (Å²) in [5, 5.41) is 26.1. The van der Waals surface area contributed by atoms with Crippen LogP contribution in [-0.2, 0) is 0 Å². The van der Waals surface area contributed by atoms with Gasteiger partial charge in [0.15, 0.2) is 0 Å². The highest BCUT2D eigenvalue weighted by Gasteiger charge is 2.20. The number of rotatable bonds is 4. The van der Waals surface area contributed by atoms with Crippen LogP contribution in [0.5, 0.6) is 0 Å². The number of nitrogens with one attached hydrogen (secondary N) is 1. The fourth-order valence-corrected chi connectivity index (χ4v) is 2.55. The molecule has 2 N–H and O–H groups in total. The van der Waals surface area contributed by atoms with Crippen LogP contribution in [0.15, 0.2) is 29.4 Å². The van der Waals surface area contributed by atoms with Crippen molar-refractivity contribution in [1.29, 1.82) is 0 Å². The molecule has 1 saturated carbocycles. The molecule has 7 heteroatoms. The van der Waals surface area contributed by atoms with Crippen molar-refractivity contribution in [2.75, 3.05) is 0 Å². The zero-order valence-corrected chi connectivity index (χ0v) is 12.7. The van der Waals surface area contributed by atoms with E-state index >= 15 is 0 Å². The molecule has 0 spiro atoms. The van der Waals surface area contributed by atoms with E-state index in [9.17, 15) is 10.1 Å². The number of hydrogen-bond donors (Lipinski definition) is 2. The van der Waals surface area contributed by atoms with E-state index in [4.69, 9.17) is 5.21 Å². The van der Waals surface area contributed by atoms with Crippen molar-refractivity contribution in [3.63, 3.8) is 0 Å². The molecule has 21 heavy (non-hydrogen) atoms. The fraction of sp³-hybridized carbons (Fsp3) is 0.500. The van der Waals surface area contributed by atoms with Crippen LogP contribution in [0.4, 0.5) is 5.69 Å². The quantitative estimate of drug-likeness (QED) is 0.506. The number of nitro groups is 1. The van der Waals surface area contributed by atoms with Crippen molar-refractivity contribution < 1.29 is 10.1 Å². The van der Waals surface area contributed by atoms with Crippen molar-refractivity contribution >= 4 is 23.8 Å². The molecule has 1 aromatic rings. The molecule has 1 fully saturated rings. The van der Waals surface area contributed by atoms with E-state index in [1.807, 2.05) is 0 Å². The zero-order valence-electron chi connectivity index (χ0n) is 11.9. The average Bonchev–Trinajstić information content (AvgIpc) is 2.48. The molecule has 1 aliphatic rings. The Morgan fingerprint density at radius 3 is 2.38 bits per heavy atom. The normalized spacial score (nSPS) is 19.5. The Balaban J connectivity index is 0.00000220. The van der Waals surface area contributed by atoms with Gasteiger partial charge in [-0.2, -0.15) is 0 Å². The van der Waals surface area contributed by atoms with Crippen LogP contribution >= 0.6 is 12.4 Å². The summed E-state index contributed by atoms with van der Waals surface area (Å²) in [6.45, 7) is 2.05. The van der Waals surface area contributed by atoms with Gasteiger partial charge in [-0.3, -0.25) is 10.1 Å². The van der Waals surface area contributed by atoms with E-state index < -0.39 is 4.92 Å². The summed E-state index contributed by atoms with van der Waals surface area (Å²) in [5.41, 5.74) is 2.02. The molecule has 1 aromatic carbocycles. The Hall–Kier alpha value is -1.66. The highest BCUT2D eigenvalue weighted by atomic mass is 35.5. The molecule has 0 aromatic heterocycles. The highest BCUT2D eigenvalue weighted by Crippen LogP contribution is 2.22. The van der Waals surface area contributed by atoms with Crippen LogP contribution in [0.2, 0.25) is 0 Å². The smallest absolute Gasteiger partial charge is 0.269 e. The maximum Gasteiger partial charge on any atom is 0.269 e. The second-order valence-electron chi connectivity index (χ2n) is 5.18. The van der Waals surface area contributed by atoms with Gasteiger partial charge in [-0.1, -0.05) is 17.3 Å². The fourth-order valence-electron chi connectivity index (χ4n) is 2.55. The van der Waals surface area contributed by atoms with Crippen LogP contribution in [0, 0.1) is 10.1 Å². The SMILES string of the molecule is C[C@@H](NC1CCC(=NO)CC1)c1ccc([N+](=O)[O-])cc1.Cl. The first-order chi connectivity index (χ1) is 9.60. The van der Waals surface area contributed by atoms with Crippen molar-refractivity contribution in [2.24, 2.45) is 5.16 Å². The molecule has 2 rings (SSSR count). The molecule has 0 amide bonds. The third-order valence-electron chi connectivity index (χ3n) is 3.79. The summed E-state index contributed by atoms with van der Waals surface area (Å²) in [6.07, 6.45) is 3.55.